The van der Waals surface area contributed by atoms with Gasteiger partial charge in [-0.05, 0) is 43.9 Å². The number of pyridine rings is 1. The molecule has 2 aromatic carbocycles. The molecule has 7 nitrogen and oxygen atoms in total. The first-order valence-corrected chi connectivity index (χ1v) is 14.1. The molecule has 2 aliphatic heterocycles. The summed E-state index contributed by atoms with van der Waals surface area (Å²) in [5.41, 5.74) is 8.68. The van der Waals surface area contributed by atoms with Gasteiger partial charge < -0.3 is 15.2 Å². The zero-order valence-electron chi connectivity index (χ0n) is 21.3. The molecule has 38 heavy (non-hydrogen) atoms. The number of nitrogens with two attached hydrogens (primary N) is 1. The number of thioether (sulfide) groups is 1. The number of primary amides is 1. The van der Waals surface area contributed by atoms with E-state index in [-0.39, 0.29) is 23.3 Å². The van der Waals surface area contributed by atoms with Crippen LogP contribution in [-0.2, 0) is 22.6 Å². The van der Waals surface area contributed by atoms with Crippen molar-refractivity contribution in [2.75, 3.05) is 24.5 Å². The molecule has 0 saturated carbocycles. The van der Waals surface area contributed by atoms with Crippen LogP contribution in [0, 0.1) is 5.92 Å². The third kappa shape index (κ3) is 5.00. The average Bonchev–Trinajstić information content (AvgIpc) is 3.20. The number of carbonyl (C=O) groups is 2. The van der Waals surface area contributed by atoms with E-state index in [4.69, 9.17) is 18.0 Å². The molecule has 2 saturated heterocycles. The summed E-state index contributed by atoms with van der Waals surface area (Å²) in [6.07, 6.45) is 3.67. The molecule has 0 unspecified atom stereocenters. The molecular weight excluding hydrogens is 516 g/mol. The number of hydrogen-bond donors (Lipinski definition) is 1. The highest BCUT2D eigenvalue weighted by atomic mass is 32.2. The molecule has 0 spiro atoms. The molecule has 0 aliphatic carbocycles. The first kappa shape index (κ1) is 26.2. The van der Waals surface area contributed by atoms with Gasteiger partial charge in [-0.1, -0.05) is 72.5 Å². The van der Waals surface area contributed by atoms with E-state index in [0.717, 1.165) is 22.2 Å². The van der Waals surface area contributed by atoms with Crippen LogP contribution in [0.3, 0.4) is 0 Å². The maximum atomic E-state index is 13.9. The van der Waals surface area contributed by atoms with Crippen molar-refractivity contribution in [3.05, 3.63) is 81.0 Å². The van der Waals surface area contributed by atoms with E-state index < -0.39 is 0 Å². The number of fused-ring (bicyclic) bond motifs is 1. The van der Waals surface area contributed by atoms with Gasteiger partial charge in [0.25, 0.3) is 11.5 Å². The fourth-order valence-corrected chi connectivity index (χ4v) is 6.58. The number of aromatic nitrogens is 1. The zero-order valence-corrected chi connectivity index (χ0v) is 22.9. The lowest BCUT2D eigenvalue weighted by atomic mass is 9.94. The summed E-state index contributed by atoms with van der Waals surface area (Å²) in [6, 6.07) is 17.8. The van der Waals surface area contributed by atoms with Gasteiger partial charge in [0.05, 0.1) is 21.7 Å². The lowest BCUT2D eigenvalue weighted by Gasteiger charge is -2.34. The fourth-order valence-electron chi connectivity index (χ4n) is 5.29. The second-order valence-electron chi connectivity index (χ2n) is 9.56. The standard InChI is InChI=1S/C29H30N4O3S2/c1-2-32-23-11-7-6-10-21(23)25(31-15-13-20(14-16-31)26(30)34)22(27(32)35)18-24-28(36)33(29(37)38-24)17-12-19-8-4-3-5-9-19/h3-11,18,20H,2,12-17H2,1H3,(H2,30,34). The molecule has 0 atom stereocenters. The smallest absolute Gasteiger partial charge is 0.266 e. The Bertz CT molecular complexity index is 1490. The second-order valence-corrected chi connectivity index (χ2v) is 11.2. The Kier molecular flexibility index (Phi) is 7.67. The summed E-state index contributed by atoms with van der Waals surface area (Å²) in [6.45, 7) is 4.13. The molecule has 196 valence electrons. The van der Waals surface area contributed by atoms with Gasteiger partial charge >= 0.3 is 0 Å². The maximum Gasteiger partial charge on any atom is 0.266 e. The predicted octanol–water partition coefficient (Wildman–Crippen LogP) is 4.17. The Hall–Kier alpha value is -3.43. The first-order valence-electron chi connectivity index (χ1n) is 12.9. The highest BCUT2D eigenvalue weighted by Crippen LogP contribution is 2.37. The van der Waals surface area contributed by atoms with Crippen LogP contribution in [0.4, 0.5) is 5.69 Å². The van der Waals surface area contributed by atoms with Gasteiger partial charge in [0, 0.05) is 37.5 Å². The van der Waals surface area contributed by atoms with Crippen molar-refractivity contribution in [3.63, 3.8) is 0 Å². The van der Waals surface area contributed by atoms with Gasteiger partial charge in [-0.2, -0.15) is 0 Å². The monoisotopic (exact) mass is 546 g/mol. The van der Waals surface area contributed by atoms with Crippen molar-refractivity contribution >= 4 is 62.8 Å². The van der Waals surface area contributed by atoms with E-state index in [9.17, 15) is 14.4 Å². The molecule has 9 heteroatoms. The number of benzene rings is 2. The number of para-hydroxylation sites is 1. The largest absolute Gasteiger partial charge is 0.370 e. The van der Waals surface area contributed by atoms with Crippen LogP contribution in [0.5, 0.6) is 0 Å². The predicted molar refractivity (Wildman–Crippen MR) is 158 cm³/mol. The molecule has 5 rings (SSSR count). The molecule has 0 radical (unpaired) electrons. The Labute approximate surface area is 231 Å². The Morgan fingerprint density at radius 2 is 1.76 bits per heavy atom. The minimum atomic E-state index is -0.282. The third-order valence-corrected chi connectivity index (χ3v) is 8.70. The minimum Gasteiger partial charge on any atom is -0.370 e. The van der Waals surface area contributed by atoms with Crippen LogP contribution in [-0.4, -0.2) is 45.2 Å². The van der Waals surface area contributed by atoms with Crippen molar-refractivity contribution in [1.82, 2.24) is 9.47 Å². The highest BCUT2D eigenvalue weighted by molar-refractivity contribution is 8.26. The lowest BCUT2D eigenvalue weighted by Crippen LogP contribution is -2.40. The van der Waals surface area contributed by atoms with E-state index in [1.54, 1.807) is 15.5 Å². The molecular formula is C29H30N4O3S2. The summed E-state index contributed by atoms with van der Waals surface area (Å²) >= 11 is 6.81. The number of piperidine rings is 1. The molecule has 2 amide bonds. The van der Waals surface area contributed by atoms with Crippen LogP contribution in [0.25, 0.3) is 17.0 Å². The lowest BCUT2D eigenvalue weighted by molar-refractivity contribution is -0.123. The van der Waals surface area contributed by atoms with Gasteiger partial charge in [-0.25, -0.2) is 0 Å². The molecule has 3 heterocycles. The van der Waals surface area contributed by atoms with E-state index >= 15 is 0 Å². The summed E-state index contributed by atoms with van der Waals surface area (Å²) in [5.74, 6) is -0.627. The number of aryl methyl sites for hydroxylation is 1. The highest BCUT2D eigenvalue weighted by Gasteiger charge is 2.33. The second kappa shape index (κ2) is 11.1. The molecule has 2 fully saturated rings. The average molecular weight is 547 g/mol. The van der Waals surface area contributed by atoms with E-state index in [2.05, 4.69) is 4.90 Å². The van der Waals surface area contributed by atoms with Crippen LogP contribution < -0.4 is 16.2 Å². The Morgan fingerprint density at radius 3 is 2.45 bits per heavy atom. The number of hydrogen-bond acceptors (Lipinski definition) is 6. The summed E-state index contributed by atoms with van der Waals surface area (Å²) in [5, 5.41) is 0.942. The number of thiocarbonyl (C=S) groups is 1. The normalized spacial score (nSPS) is 17.7. The zero-order chi connectivity index (χ0) is 26.8. The van der Waals surface area contributed by atoms with Crippen LogP contribution in [0.15, 0.2) is 64.3 Å². The number of rotatable bonds is 7. The molecule has 3 aromatic rings. The number of carbonyl (C=O) groups excluding carboxylic acids is 2. The molecule has 0 bridgehead atoms. The van der Waals surface area contributed by atoms with Crippen LogP contribution in [0.2, 0.25) is 0 Å². The SMILES string of the molecule is CCn1c(=O)c(C=C2SC(=S)N(CCc3ccccc3)C2=O)c(N2CCC(C(N)=O)CC2)c2ccccc21. The topological polar surface area (TPSA) is 88.6 Å². The van der Waals surface area contributed by atoms with E-state index in [1.807, 2.05) is 61.5 Å². The molecule has 2 N–H and O–H groups in total. The van der Waals surface area contributed by atoms with Crippen LogP contribution >= 0.6 is 24.0 Å². The fraction of sp³-hybridized carbons (Fsp3) is 0.310. The van der Waals surface area contributed by atoms with Crippen molar-refractivity contribution in [1.29, 1.82) is 0 Å². The summed E-state index contributed by atoms with van der Waals surface area (Å²) < 4.78 is 2.24. The number of anilines is 1. The van der Waals surface area contributed by atoms with Crippen molar-refractivity contribution < 1.29 is 9.59 Å². The Balaban J connectivity index is 1.55. The third-order valence-electron chi connectivity index (χ3n) is 7.33. The van der Waals surface area contributed by atoms with Gasteiger partial charge in [-0.15, -0.1) is 0 Å². The Morgan fingerprint density at radius 1 is 1.08 bits per heavy atom. The van der Waals surface area contributed by atoms with Crippen LogP contribution in [0.1, 0.15) is 30.9 Å². The van der Waals surface area contributed by atoms with Gasteiger partial charge in [-0.3, -0.25) is 19.3 Å². The van der Waals surface area contributed by atoms with E-state index in [0.29, 0.717) is 60.2 Å². The summed E-state index contributed by atoms with van der Waals surface area (Å²) in [7, 11) is 0. The van der Waals surface area contributed by atoms with Crippen molar-refractivity contribution in [2.45, 2.75) is 32.7 Å². The molecule has 1 aromatic heterocycles. The first-order chi connectivity index (χ1) is 18.4. The van der Waals surface area contributed by atoms with Gasteiger partial charge in [0.15, 0.2) is 0 Å². The quantitative estimate of drug-likeness (QED) is 0.354. The van der Waals surface area contributed by atoms with E-state index in [1.165, 1.54) is 11.8 Å². The van der Waals surface area contributed by atoms with Gasteiger partial charge in [0.2, 0.25) is 5.91 Å². The number of nitrogens with zero attached hydrogens (tertiary/aromatic N) is 3. The van der Waals surface area contributed by atoms with Crippen molar-refractivity contribution in [3.8, 4) is 0 Å². The molecule has 2 aliphatic rings. The van der Waals surface area contributed by atoms with Gasteiger partial charge in [0.1, 0.15) is 4.32 Å². The van der Waals surface area contributed by atoms with Crippen molar-refractivity contribution in [2.24, 2.45) is 11.7 Å². The maximum absolute atomic E-state index is 13.9. The minimum absolute atomic E-state index is 0.146. The number of amides is 2. The summed E-state index contributed by atoms with van der Waals surface area (Å²) in [4.78, 5) is 43.3.